The van der Waals surface area contributed by atoms with E-state index in [0.717, 1.165) is 24.1 Å². The van der Waals surface area contributed by atoms with E-state index in [1.54, 1.807) is 0 Å². The first-order valence-electron chi connectivity index (χ1n) is 9.91. The van der Waals surface area contributed by atoms with Crippen molar-refractivity contribution in [1.29, 1.82) is 0 Å². The molecule has 2 aliphatic rings. The first-order valence-corrected chi connectivity index (χ1v) is 9.91. The molecule has 6 heteroatoms. The Morgan fingerprint density at radius 2 is 1.85 bits per heavy atom. The summed E-state index contributed by atoms with van der Waals surface area (Å²) in [6.45, 7) is 10.7. The van der Waals surface area contributed by atoms with Crippen LogP contribution in [0.1, 0.15) is 71.5 Å². The van der Waals surface area contributed by atoms with Gasteiger partial charge in [0.15, 0.2) is 5.82 Å². The molecule has 3 rings (SSSR count). The van der Waals surface area contributed by atoms with Crippen molar-refractivity contribution in [3.8, 4) is 0 Å². The van der Waals surface area contributed by atoms with Crippen LogP contribution < -0.4 is 11.1 Å². The second-order valence-electron chi connectivity index (χ2n) is 8.22. The number of nitrogens with zero attached hydrogens (tertiary/aromatic N) is 3. The van der Waals surface area contributed by atoms with Crippen LogP contribution in [-0.4, -0.2) is 32.8 Å². The average Bonchev–Trinajstić information content (AvgIpc) is 3.03. The Balaban J connectivity index is 2.02. The van der Waals surface area contributed by atoms with Gasteiger partial charge in [-0.2, -0.15) is 4.98 Å². The molecule has 0 amide bonds. The van der Waals surface area contributed by atoms with Gasteiger partial charge in [-0.25, -0.2) is 0 Å². The largest absolute Gasteiger partial charge is 0.368 e. The third-order valence-corrected chi connectivity index (χ3v) is 5.61. The molecule has 0 bridgehead atoms. The van der Waals surface area contributed by atoms with Gasteiger partial charge in [0.1, 0.15) is 5.66 Å². The lowest BCUT2D eigenvalue weighted by atomic mass is 9.75. The van der Waals surface area contributed by atoms with E-state index in [1.165, 1.54) is 19.3 Å². The van der Waals surface area contributed by atoms with Crippen molar-refractivity contribution < 1.29 is 4.52 Å². The molecule has 1 aromatic rings. The van der Waals surface area contributed by atoms with Crippen LogP contribution in [0.5, 0.6) is 0 Å². The van der Waals surface area contributed by atoms with Gasteiger partial charge in [-0.15, -0.1) is 0 Å². The van der Waals surface area contributed by atoms with Crippen LogP contribution in [-0.2, 0) is 0 Å². The molecule has 6 nitrogen and oxygen atoms in total. The quantitative estimate of drug-likeness (QED) is 0.837. The second-order valence-corrected chi connectivity index (χ2v) is 8.22. The Morgan fingerprint density at radius 1 is 1.19 bits per heavy atom. The maximum Gasteiger partial charge on any atom is 0.257 e. The maximum absolute atomic E-state index is 6.96. The number of aromatic nitrogens is 2. The number of nitrogens with two attached hydrogens (primary N) is 1. The Bertz CT molecular complexity index is 676. The summed E-state index contributed by atoms with van der Waals surface area (Å²) < 4.78 is 5.54. The van der Waals surface area contributed by atoms with Gasteiger partial charge in [-0.3, -0.25) is 0 Å². The highest BCUT2D eigenvalue weighted by Gasteiger charge is 2.43. The maximum atomic E-state index is 6.96. The zero-order valence-corrected chi connectivity index (χ0v) is 16.7. The SMILES string of the molecule is Cc1noc(C2=CC(N(C(C)C)C(C)C)=CNC2(N)C2CCCCC2)n1. The van der Waals surface area contributed by atoms with E-state index >= 15 is 0 Å². The van der Waals surface area contributed by atoms with Crippen molar-refractivity contribution in [3.05, 3.63) is 29.7 Å². The molecule has 2 heterocycles. The molecule has 0 spiro atoms. The average molecular weight is 360 g/mol. The molecule has 3 N–H and O–H groups in total. The van der Waals surface area contributed by atoms with Crippen molar-refractivity contribution in [1.82, 2.24) is 20.4 Å². The van der Waals surface area contributed by atoms with Crippen LogP contribution in [0.25, 0.3) is 5.57 Å². The Hall–Kier alpha value is -1.82. The monoisotopic (exact) mass is 359 g/mol. The molecule has 1 saturated carbocycles. The number of nitrogens with one attached hydrogen (secondary N) is 1. The summed E-state index contributed by atoms with van der Waals surface area (Å²) in [6, 6.07) is 0.759. The van der Waals surface area contributed by atoms with E-state index in [2.05, 4.69) is 60.3 Å². The second kappa shape index (κ2) is 7.43. The molecule has 1 aliphatic heterocycles. The fraction of sp³-hybridized carbons (Fsp3) is 0.700. The molecule has 0 radical (unpaired) electrons. The minimum Gasteiger partial charge on any atom is -0.368 e. The number of allylic oxidation sites excluding steroid dienone is 1. The van der Waals surface area contributed by atoms with E-state index in [-0.39, 0.29) is 0 Å². The van der Waals surface area contributed by atoms with Crippen LogP contribution in [0, 0.1) is 12.8 Å². The third-order valence-electron chi connectivity index (χ3n) is 5.61. The van der Waals surface area contributed by atoms with Gasteiger partial charge in [-0.05, 0) is 59.5 Å². The highest BCUT2D eigenvalue weighted by molar-refractivity contribution is 5.72. The number of dihydropyridines is 1. The summed E-state index contributed by atoms with van der Waals surface area (Å²) in [4.78, 5) is 6.87. The minimum atomic E-state index is -0.664. The van der Waals surface area contributed by atoms with Crippen molar-refractivity contribution in [3.63, 3.8) is 0 Å². The van der Waals surface area contributed by atoms with E-state index in [1.807, 2.05) is 6.92 Å². The van der Waals surface area contributed by atoms with Crippen LogP contribution in [0.3, 0.4) is 0 Å². The topological polar surface area (TPSA) is 80.2 Å². The van der Waals surface area contributed by atoms with E-state index in [4.69, 9.17) is 10.3 Å². The fourth-order valence-electron chi connectivity index (χ4n) is 4.46. The zero-order chi connectivity index (χ0) is 18.9. The molecule has 1 aliphatic carbocycles. The molecule has 26 heavy (non-hydrogen) atoms. The zero-order valence-electron chi connectivity index (χ0n) is 16.7. The predicted molar refractivity (Wildman–Crippen MR) is 104 cm³/mol. The molecule has 1 aromatic heterocycles. The van der Waals surface area contributed by atoms with Gasteiger partial charge < -0.3 is 20.5 Å². The van der Waals surface area contributed by atoms with Crippen LogP contribution in [0.2, 0.25) is 0 Å². The van der Waals surface area contributed by atoms with Gasteiger partial charge in [0.05, 0.1) is 11.3 Å². The normalized spacial score (nSPS) is 24.5. The lowest BCUT2D eigenvalue weighted by Crippen LogP contribution is -2.60. The Kier molecular flexibility index (Phi) is 5.42. The summed E-state index contributed by atoms with van der Waals surface area (Å²) in [6.07, 6.45) is 10.2. The van der Waals surface area contributed by atoms with Gasteiger partial charge in [-0.1, -0.05) is 24.4 Å². The van der Waals surface area contributed by atoms with Gasteiger partial charge in [0, 0.05) is 18.3 Å². The highest BCUT2D eigenvalue weighted by Crippen LogP contribution is 2.40. The number of hydrogen-bond donors (Lipinski definition) is 2. The molecular formula is C20H33N5O. The molecule has 0 saturated heterocycles. The van der Waals surface area contributed by atoms with Gasteiger partial charge in [0.25, 0.3) is 5.89 Å². The Labute approximate surface area is 156 Å². The number of rotatable bonds is 5. The van der Waals surface area contributed by atoms with Gasteiger partial charge in [0.2, 0.25) is 0 Å². The molecule has 1 unspecified atom stereocenters. The van der Waals surface area contributed by atoms with Crippen molar-refractivity contribution >= 4 is 5.57 Å². The lowest BCUT2D eigenvalue weighted by Gasteiger charge is -2.44. The number of hydrogen-bond acceptors (Lipinski definition) is 6. The summed E-state index contributed by atoms with van der Waals surface area (Å²) in [5.74, 6) is 1.52. The van der Waals surface area contributed by atoms with Crippen LogP contribution in [0.4, 0.5) is 0 Å². The Morgan fingerprint density at radius 3 is 2.38 bits per heavy atom. The fourth-order valence-corrected chi connectivity index (χ4v) is 4.46. The first-order chi connectivity index (χ1) is 12.3. The molecule has 144 valence electrons. The minimum absolute atomic E-state index is 0.360. The van der Waals surface area contributed by atoms with E-state index in [0.29, 0.717) is 29.7 Å². The summed E-state index contributed by atoms with van der Waals surface area (Å²) in [7, 11) is 0. The summed E-state index contributed by atoms with van der Waals surface area (Å²) in [5.41, 5.74) is 8.32. The standard InChI is InChI=1S/C20H33N5O/c1-13(2)25(14(3)4)17-11-18(19-23-15(5)24-26-19)20(21,22-12-17)16-9-7-6-8-10-16/h11-14,16,22H,6-10,21H2,1-5H3. The lowest BCUT2D eigenvalue weighted by molar-refractivity contribution is 0.212. The molecule has 0 aromatic carbocycles. The van der Waals surface area contributed by atoms with Crippen molar-refractivity contribution in [2.45, 2.75) is 84.5 Å². The highest BCUT2D eigenvalue weighted by atomic mass is 16.5. The van der Waals surface area contributed by atoms with Gasteiger partial charge >= 0.3 is 0 Å². The third kappa shape index (κ3) is 3.52. The van der Waals surface area contributed by atoms with E-state index in [9.17, 15) is 0 Å². The summed E-state index contributed by atoms with van der Waals surface area (Å²) in [5, 5.41) is 7.54. The first kappa shape index (κ1) is 19.0. The predicted octanol–water partition coefficient (Wildman–Crippen LogP) is 3.56. The van der Waals surface area contributed by atoms with Crippen molar-refractivity contribution in [2.75, 3.05) is 0 Å². The summed E-state index contributed by atoms with van der Waals surface area (Å²) >= 11 is 0. The van der Waals surface area contributed by atoms with E-state index < -0.39 is 5.66 Å². The molecule has 1 atom stereocenters. The molecule has 1 fully saturated rings. The number of aryl methyl sites for hydroxylation is 1. The van der Waals surface area contributed by atoms with Crippen LogP contribution >= 0.6 is 0 Å². The molecular weight excluding hydrogens is 326 g/mol. The van der Waals surface area contributed by atoms with Crippen LogP contribution in [0.15, 0.2) is 22.5 Å². The van der Waals surface area contributed by atoms with Crippen molar-refractivity contribution in [2.24, 2.45) is 11.7 Å². The smallest absolute Gasteiger partial charge is 0.257 e.